The SMILES string of the molecule is CN(C)Cc1ccc(-c2nc3cccc4n3c2CCCC4=O)cc1. The largest absolute Gasteiger partial charge is 0.305 e. The van der Waals surface area contributed by atoms with Crippen LogP contribution in [0.2, 0.25) is 0 Å². The van der Waals surface area contributed by atoms with Gasteiger partial charge >= 0.3 is 0 Å². The fourth-order valence-corrected chi connectivity index (χ4v) is 3.51. The zero-order valence-electron chi connectivity index (χ0n) is 14.1. The number of nitrogens with zero attached hydrogens (tertiary/aromatic N) is 3. The van der Waals surface area contributed by atoms with Gasteiger partial charge in [0.25, 0.3) is 0 Å². The molecule has 1 aliphatic heterocycles. The molecule has 4 heteroatoms. The third-order valence-corrected chi connectivity index (χ3v) is 4.57. The average Bonchev–Trinajstić information content (AvgIpc) is 2.84. The van der Waals surface area contributed by atoms with E-state index in [-0.39, 0.29) is 5.78 Å². The van der Waals surface area contributed by atoms with E-state index in [4.69, 9.17) is 4.98 Å². The van der Waals surface area contributed by atoms with E-state index < -0.39 is 0 Å². The molecule has 0 amide bonds. The second-order valence-electron chi connectivity index (χ2n) is 6.72. The zero-order valence-corrected chi connectivity index (χ0v) is 14.1. The summed E-state index contributed by atoms with van der Waals surface area (Å²) in [4.78, 5) is 19.3. The molecule has 0 aliphatic carbocycles. The molecule has 3 heterocycles. The van der Waals surface area contributed by atoms with Gasteiger partial charge in [-0.2, -0.15) is 0 Å². The monoisotopic (exact) mass is 319 g/mol. The van der Waals surface area contributed by atoms with E-state index in [1.54, 1.807) is 0 Å². The summed E-state index contributed by atoms with van der Waals surface area (Å²) in [6.45, 7) is 0.928. The summed E-state index contributed by atoms with van der Waals surface area (Å²) in [7, 11) is 4.14. The van der Waals surface area contributed by atoms with Gasteiger partial charge in [-0.3, -0.25) is 9.20 Å². The predicted molar refractivity (Wildman–Crippen MR) is 95.3 cm³/mol. The highest BCUT2D eigenvalue weighted by Crippen LogP contribution is 2.29. The average molecular weight is 319 g/mol. The molecule has 4 nitrogen and oxygen atoms in total. The van der Waals surface area contributed by atoms with Crippen molar-refractivity contribution in [3.05, 3.63) is 59.4 Å². The Balaban J connectivity index is 1.84. The summed E-state index contributed by atoms with van der Waals surface area (Å²) in [5, 5.41) is 0. The van der Waals surface area contributed by atoms with Crippen molar-refractivity contribution in [3.63, 3.8) is 0 Å². The van der Waals surface area contributed by atoms with Gasteiger partial charge < -0.3 is 4.90 Å². The molecule has 24 heavy (non-hydrogen) atoms. The summed E-state index contributed by atoms with van der Waals surface area (Å²) >= 11 is 0. The molecular weight excluding hydrogens is 298 g/mol. The third-order valence-electron chi connectivity index (χ3n) is 4.57. The van der Waals surface area contributed by atoms with E-state index in [9.17, 15) is 4.79 Å². The number of rotatable bonds is 3. The molecule has 0 fully saturated rings. The lowest BCUT2D eigenvalue weighted by molar-refractivity contribution is 0.0977. The van der Waals surface area contributed by atoms with Crippen molar-refractivity contribution in [1.29, 1.82) is 0 Å². The van der Waals surface area contributed by atoms with Crippen LogP contribution < -0.4 is 0 Å². The number of carbonyl (C=O) groups is 1. The van der Waals surface area contributed by atoms with Crippen molar-refractivity contribution in [2.45, 2.75) is 25.8 Å². The Morgan fingerprint density at radius 3 is 2.62 bits per heavy atom. The Kier molecular flexibility index (Phi) is 3.69. The van der Waals surface area contributed by atoms with Gasteiger partial charge in [0.2, 0.25) is 0 Å². The molecule has 0 bridgehead atoms. The minimum atomic E-state index is 0.213. The second-order valence-corrected chi connectivity index (χ2v) is 6.72. The van der Waals surface area contributed by atoms with Crippen molar-refractivity contribution in [1.82, 2.24) is 14.3 Å². The number of aromatic nitrogens is 2. The predicted octanol–water partition coefficient (Wildman–Crippen LogP) is 3.58. The third kappa shape index (κ3) is 2.53. The number of pyridine rings is 1. The second kappa shape index (κ2) is 5.87. The van der Waals surface area contributed by atoms with Crippen LogP contribution in [0, 0.1) is 0 Å². The Hall–Kier alpha value is -2.46. The Morgan fingerprint density at radius 2 is 1.88 bits per heavy atom. The van der Waals surface area contributed by atoms with Crippen molar-refractivity contribution in [3.8, 4) is 11.3 Å². The van der Waals surface area contributed by atoms with Crippen LogP contribution in [0.15, 0.2) is 42.5 Å². The molecule has 0 radical (unpaired) electrons. The first-order valence-corrected chi connectivity index (χ1v) is 8.41. The summed E-state index contributed by atoms with van der Waals surface area (Å²) in [5.74, 6) is 0.213. The lowest BCUT2D eigenvalue weighted by Gasteiger charge is -2.10. The van der Waals surface area contributed by atoms with E-state index in [2.05, 4.69) is 47.7 Å². The molecule has 0 saturated carbocycles. The van der Waals surface area contributed by atoms with Crippen molar-refractivity contribution >= 4 is 11.4 Å². The Bertz CT molecular complexity index is 907. The van der Waals surface area contributed by atoms with E-state index in [0.29, 0.717) is 6.42 Å². The number of carbonyl (C=O) groups excluding carboxylic acids is 1. The van der Waals surface area contributed by atoms with E-state index in [1.165, 1.54) is 5.56 Å². The van der Waals surface area contributed by atoms with Gasteiger partial charge in [0, 0.05) is 18.5 Å². The van der Waals surface area contributed by atoms with Crippen LogP contribution in [-0.4, -0.2) is 34.2 Å². The van der Waals surface area contributed by atoms with Gasteiger partial charge in [0.15, 0.2) is 5.78 Å². The summed E-state index contributed by atoms with van der Waals surface area (Å²) in [5.41, 5.74) is 6.21. The first-order chi connectivity index (χ1) is 11.6. The molecule has 122 valence electrons. The number of benzene rings is 1. The Labute approximate surface area is 141 Å². The molecule has 0 atom stereocenters. The summed E-state index contributed by atoms with van der Waals surface area (Å²) in [6.07, 6.45) is 2.38. The molecule has 1 aromatic carbocycles. The molecule has 0 N–H and O–H groups in total. The number of Topliss-reactive ketones (excluding diaryl/α,β-unsaturated/α-hetero) is 1. The van der Waals surface area contributed by atoms with Crippen molar-refractivity contribution < 1.29 is 4.79 Å². The Morgan fingerprint density at radius 1 is 1.08 bits per heavy atom. The first-order valence-electron chi connectivity index (χ1n) is 8.41. The molecular formula is C20H21N3O. The molecule has 0 unspecified atom stereocenters. The van der Waals surface area contributed by atoms with Gasteiger partial charge in [0.05, 0.1) is 17.1 Å². The fourth-order valence-electron chi connectivity index (χ4n) is 3.51. The zero-order chi connectivity index (χ0) is 16.7. The molecule has 1 aliphatic rings. The minimum absolute atomic E-state index is 0.213. The van der Waals surface area contributed by atoms with Crippen LogP contribution in [-0.2, 0) is 13.0 Å². The van der Waals surface area contributed by atoms with Crippen LogP contribution in [0.3, 0.4) is 0 Å². The fraction of sp³-hybridized carbons (Fsp3) is 0.300. The minimum Gasteiger partial charge on any atom is -0.305 e. The normalized spacial score (nSPS) is 14.4. The molecule has 2 aromatic heterocycles. The maximum atomic E-state index is 12.3. The van der Waals surface area contributed by atoms with Crippen molar-refractivity contribution in [2.75, 3.05) is 14.1 Å². The van der Waals surface area contributed by atoms with Crippen LogP contribution >= 0.6 is 0 Å². The van der Waals surface area contributed by atoms with Crippen LogP contribution in [0.1, 0.15) is 34.6 Å². The number of imidazole rings is 1. The highest BCUT2D eigenvalue weighted by Gasteiger charge is 2.22. The number of ketones is 1. The van der Waals surface area contributed by atoms with Gasteiger partial charge in [0.1, 0.15) is 5.65 Å². The highest BCUT2D eigenvalue weighted by atomic mass is 16.1. The molecule has 0 saturated heterocycles. The number of aryl methyl sites for hydroxylation is 1. The summed E-state index contributed by atoms with van der Waals surface area (Å²) in [6, 6.07) is 14.4. The maximum absolute atomic E-state index is 12.3. The number of hydrogen-bond donors (Lipinski definition) is 0. The van der Waals surface area contributed by atoms with Crippen molar-refractivity contribution in [2.24, 2.45) is 0 Å². The maximum Gasteiger partial charge on any atom is 0.179 e. The van der Waals surface area contributed by atoms with E-state index in [0.717, 1.165) is 47.7 Å². The first kappa shape index (κ1) is 15.1. The lowest BCUT2D eigenvalue weighted by Crippen LogP contribution is -2.10. The smallest absolute Gasteiger partial charge is 0.179 e. The van der Waals surface area contributed by atoms with Crippen LogP contribution in [0.25, 0.3) is 16.9 Å². The summed E-state index contributed by atoms with van der Waals surface area (Å²) < 4.78 is 2.05. The van der Waals surface area contributed by atoms with Crippen LogP contribution in [0.5, 0.6) is 0 Å². The standard InChI is InChI=1S/C20H21N3O/c1-22(2)13-14-9-11-15(12-10-14)20-17-6-3-7-18(24)16-5-4-8-19(21-20)23(16)17/h4-5,8-12H,3,6-7,13H2,1-2H3. The van der Waals surface area contributed by atoms with Crippen LogP contribution in [0.4, 0.5) is 0 Å². The van der Waals surface area contributed by atoms with E-state index in [1.807, 2.05) is 18.2 Å². The lowest BCUT2D eigenvalue weighted by atomic mass is 10.0. The number of hydrogen-bond acceptors (Lipinski definition) is 3. The van der Waals surface area contributed by atoms with Gasteiger partial charge in [-0.05, 0) is 44.6 Å². The molecule has 0 spiro atoms. The molecule has 4 rings (SSSR count). The van der Waals surface area contributed by atoms with Gasteiger partial charge in [-0.15, -0.1) is 0 Å². The quantitative estimate of drug-likeness (QED) is 0.740. The van der Waals surface area contributed by atoms with E-state index >= 15 is 0 Å². The van der Waals surface area contributed by atoms with Gasteiger partial charge in [-0.1, -0.05) is 30.3 Å². The molecule has 3 aromatic rings. The topological polar surface area (TPSA) is 37.6 Å². The highest BCUT2D eigenvalue weighted by molar-refractivity contribution is 5.96. The van der Waals surface area contributed by atoms with Gasteiger partial charge in [-0.25, -0.2) is 4.98 Å².